The largest absolute Gasteiger partial charge is 0.384 e. The number of terminal acetylenes is 1. The summed E-state index contributed by atoms with van der Waals surface area (Å²) in [6.45, 7) is 6.45. The minimum atomic E-state index is -3.22. The van der Waals surface area contributed by atoms with Gasteiger partial charge in [-0.2, -0.15) is 0 Å². The van der Waals surface area contributed by atoms with Crippen LogP contribution in [0.3, 0.4) is 0 Å². The maximum absolute atomic E-state index is 11.5. The molecule has 0 radical (unpaired) electrons. The molecule has 1 aromatic carbocycles. The van der Waals surface area contributed by atoms with Gasteiger partial charge in [0, 0.05) is 39.0 Å². The van der Waals surface area contributed by atoms with Crippen molar-refractivity contribution in [2.75, 3.05) is 45.5 Å². The highest BCUT2D eigenvalue weighted by atomic mass is 32.2. The maximum Gasteiger partial charge on any atom is 0.175 e. The molecule has 6 heteroatoms. The topological polar surface area (TPSA) is 60.9 Å². The van der Waals surface area contributed by atoms with Crippen molar-refractivity contribution in [2.45, 2.75) is 17.4 Å². The average Bonchev–Trinajstić information content (AvgIpc) is 2.48. The molecule has 0 spiro atoms. The molecule has 1 aromatic rings. The van der Waals surface area contributed by atoms with E-state index in [1.165, 1.54) is 6.26 Å². The molecular weight excluding hydrogens is 312 g/mol. The third-order valence-corrected chi connectivity index (χ3v) is 5.34. The van der Waals surface area contributed by atoms with Crippen LogP contribution in [0.25, 0.3) is 0 Å². The lowest BCUT2D eigenvalue weighted by atomic mass is 9.95. The number of benzene rings is 1. The molecule has 0 aromatic heterocycles. The Balaban J connectivity index is 2.01. The molecule has 2 rings (SSSR count). The van der Waals surface area contributed by atoms with Crippen molar-refractivity contribution in [3.05, 3.63) is 29.8 Å². The molecule has 0 unspecified atom stereocenters. The van der Waals surface area contributed by atoms with E-state index in [0.717, 1.165) is 31.7 Å². The summed E-state index contributed by atoms with van der Waals surface area (Å²) in [5.41, 5.74) is -0.305. The highest BCUT2D eigenvalue weighted by molar-refractivity contribution is 7.90. The molecule has 1 fully saturated rings. The van der Waals surface area contributed by atoms with Gasteiger partial charge in [-0.3, -0.25) is 9.80 Å². The summed E-state index contributed by atoms with van der Waals surface area (Å²) in [6, 6.07) is 6.46. The second-order valence-corrected chi connectivity index (χ2v) is 8.34. The van der Waals surface area contributed by atoms with Crippen LogP contribution in [0.5, 0.6) is 0 Å². The first kappa shape index (κ1) is 18.0. The number of hydrogen-bond acceptors (Lipinski definition) is 5. The van der Waals surface area contributed by atoms with Crippen LogP contribution in [0.4, 0.5) is 0 Å². The van der Waals surface area contributed by atoms with Crippen LogP contribution >= 0.6 is 0 Å². The lowest BCUT2D eigenvalue weighted by Crippen LogP contribution is -2.50. The van der Waals surface area contributed by atoms with Gasteiger partial charge in [0.15, 0.2) is 9.84 Å². The number of sulfone groups is 1. The first-order valence-corrected chi connectivity index (χ1v) is 9.53. The van der Waals surface area contributed by atoms with E-state index in [2.05, 4.69) is 15.7 Å². The summed E-state index contributed by atoms with van der Waals surface area (Å²) in [6.07, 6.45) is 6.50. The minimum Gasteiger partial charge on any atom is -0.384 e. The van der Waals surface area contributed by atoms with E-state index in [9.17, 15) is 13.5 Å². The lowest BCUT2D eigenvalue weighted by Gasteiger charge is -2.37. The Morgan fingerprint density at radius 1 is 1.17 bits per heavy atom. The van der Waals surface area contributed by atoms with Gasteiger partial charge < -0.3 is 5.11 Å². The molecule has 0 saturated carbocycles. The van der Waals surface area contributed by atoms with Crippen molar-refractivity contribution in [1.82, 2.24) is 9.80 Å². The zero-order valence-electron chi connectivity index (χ0n) is 13.7. The van der Waals surface area contributed by atoms with Gasteiger partial charge in [0.25, 0.3) is 0 Å². The third-order valence-electron chi connectivity index (χ3n) is 4.22. The van der Waals surface area contributed by atoms with Gasteiger partial charge in [0.2, 0.25) is 0 Å². The number of hydrogen-bond donors (Lipinski definition) is 1. The van der Waals surface area contributed by atoms with Crippen LogP contribution in [0, 0.1) is 12.3 Å². The predicted molar refractivity (Wildman–Crippen MR) is 90.8 cm³/mol. The van der Waals surface area contributed by atoms with Crippen LogP contribution in [0.2, 0.25) is 0 Å². The summed E-state index contributed by atoms with van der Waals surface area (Å²) in [7, 11) is -3.22. The van der Waals surface area contributed by atoms with Crippen molar-refractivity contribution in [1.29, 1.82) is 0 Å². The fraction of sp³-hybridized carbons (Fsp3) is 0.529. The molecule has 1 heterocycles. The van der Waals surface area contributed by atoms with Crippen molar-refractivity contribution in [3.63, 3.8) is 0 Å². The molecule has 1 atom stereocenters. The van der Waals surface area contributed by atoms with Crippen LogP contribution in [-0.2, 0) is 15.4 Å². The van der Waals surface area contributed by atoms with Gasteiger partial charge in [0.05, 0.1) is 17.0 Å². The van der Waals surface area contributed by atoms with Gasteiger partial charge in [-0.1, -0.05) is 18.1 Å². The van der Waals surface area contributed by atoms with Gasteiger partial charge in [-0.15, -0.1) is 6.42 Å². The highest BCUT2D eigenvalue weighted by Gasteiger charge is 2.28. The number of nitrogens with zero attached hydrogens (tertiary/aromatic N) is 2. The van der Waals surface area contributed by atoms with Gasteiger partial charge in [0.1, 0.15) is 0 Å². The van der Waals surface area contributed by atoms with E-state index in [1.54, 1.807) is 31.2 Å². The highest BCUT2D eigenvalue weighted by Crippen LogP contribution is 2.24. The molecule has 126 valence electrons. The Morgan fingerprint density at radius 3 is 2.17 bits per heavy atom. The summed E-state index contributed by atoms with van der Waals surface area (Å²) in [5, 5.41) is 10.8. The first-order chi connectivity index (χ1) is 10.7. The van der Waals surface area contributed by atoms with Crippen molar-refractivity contribution in [2.24, 2.45) is 0 Å². The fourth-order valence-electron chi connectivity index (χ4n) is 2.82. The lowest BCUT2D eigenvalue weighted by molar-refractivity contribution is 0.00184. The van der Waals surface area contributed by atoms with Gasteiger partial charge >= 0.3 is 0 Å². The van der Waals surface area contributed by atoms with Crippen molar-refractivity contribution in [3.8, 4) is 12.3 Å². The fourth-order valence-corrected chi connectivity index (χ4v) is 3.45. The standard InChI is InChI=1S/C17H24N2O3S/c1-4-9-18-10-12-19(13-11-18)14-17(2,20)15-5-7-16(8-6-15)23(3,21)22/h1,5-8,20H,9-14H2,2-3H3/t17-/m1/s1. The molecule has 0 amide bonds. The van der Waals surface area contributed by atoms with E-state index < -0.39 is 15.4 Å². The predicted octanol–water partition coefficient (Wildman–Crippen LogP) is 0.548. The zero-order valence-corrected chi connectivity index (χ0v) is 14.5. The van der Waals surface area contributed by atoms with Crippen molar-refractivity contribution < 1.29 is 13.5 Å². The molecule has 1 aliphatic rings. The second kappa shape index (κ2) is 7.02. The Hall–Kier alpha value is -1.39. The maximum atomic E-state index is 11.5. The monoisotopic (exact) mass is 336 g/mol. The first-order valence-electron chi connectivity index (χ1n) is 7.63. The molecule has 5 nitrogen and oxygen atoms in total. The van der Waals surface area contributed by atoms with E-state index in [0.29, 0.717) is 13.1 Å². The third kappa shape index (κ3) is 4.79. The molecule has 1 N–H and O–H groups in total. The number of rotatable bonds is 5. The van der Waals surface area contributed by atoms with E-state index in [1.807, 2.05) is 0 Å². The molecule has 0 aliphatic carbocycles. The van der Waals surface area contributed by atoms with E-state index >= 15 is 0 Å². The Labute approximate surface area is 138 Å². The Kier molecular flexibility index (Phi) is 5.48. The molecule has 1 aliphatic heterocycles. The molecule has 0 bridgehead atoms. The van der Waals surface area contributed by atoms with Crippen LogP contribution < -0.4 is 0 Å². The average molecular weight is 336 g/mol. The Bertz CT molecular complexity index is 667. The normalized spacial score (nSPS) is 19.9. The molecule has 23 heavy (non-hydrogen) atoms. The van der Waals surface area contributed by atoms with Crippen molar-refractivity contribution >= 4 is 9.84 Å². The second-order valence-electron chi connectivity index (χ2n) is 6.33. The molecule has 1 saturated heterocycles. The van der Waals surface area contributed by atoms with Gasteiger partial charge in [-0.05, 0) is 24.6 Å². The van der Waals surface area contributed by atoms with Crippen LogP contribution in [0.1, 0.15) is 12.5 Å². The number of β-amino-alcohol motifs (C(OH)–C–C–N with tert-alkyl or cyclic N) is 1. The number of piperazine rings is 1. The Morgan fingerprint density at radius 2 is 1.70 bits per heavy atom. The SMILES string of the molecule is C#CCN1CCN(C[C@@](C)(O)c2ccc(S(C)(=O)=O)cc2)CC1. The summed E-state index contributed by atoms with van der Waals surface area (Å²) in [4.78, 5) is 4.68. The number of aliphatic hydroxyl groups is 1. The summed E-state index contributed by atoms with van der Waals surface area (Å²) < 4.78 is 23.0. The van der Waals surface area contributed by atoms with Gasteiger partial charge in [-0.25, -0.2) is 8.42 Å². The summed E-state index contributed by atoms with van der Waals surface area (Å²) >= 11 is 0. The van der Waals surface area contributed by atoms with Crippen LogP contribution in [0.15, 0.2) is 29.2 Å². The smallest absolute Gasteiger partial charge is 0.175 e. The zero-order chi connectivity index (χ0) is 17.1. The molecular formula is C17H24N2O3S. The van der Waals surface area contributed by atoms with E-state index in [4.69, 9.17) is 6.42 Å². The van der Waals surface area contributed by atoms with E-state index in [-0.39, 0.29) is 4.90 Å². The van der Waals surface area contributed by atoms with Crippen LogP contribution in [-0.4, -0.2) is 68.8 Å². The quantitative estimate of drug-likeness (QED) is 0.796. The summed E-state index contributed by atoms with van der Waals surface area (Å²) in [5.74, 6) is 2.65. The minimum absolute atomic E-state index is 0.264.